The van der Waals surface area contributed by atoms with Crippen molar-refractivity contribution in [3.8, 4) is 0 Å². The van der Waals surface area contributed by atoms with E-state index in [0.717, 1.165) is 0 Å². The van der Waals surface area contributed by atoms with Crippen LogP contribution in [-0.2, 0) is 14.4 Å². The summed E-state index contributed by atoms with van der Waals surface area (Å²) in [5, 5.41) is 8.81. The van der Waals surface area contributed by atoms with Gasteiger partial charge in [-0.05, 0) is 55.9 Å². The van der Waals surface area contributed by atoms with E-state index in [4.69, 9.17) is 11.6 Å². The Morgan fingerprint density at radius 1 is 0.966 bits per heavy atom. The summed E-state index contributed by atoms with van der Waals surface area (Å²) in [5.41, 5.74) is 1.86. The minimum atomic E-state index is -0.508. The van der Waals surface area contributed by atoms with E-state index in [1.807, 2.05) is 6.92 Å². The Balaban J connectivity index is 1.92. The van der Waals surface area contributed by atoms with E-state index < -0.39 is 6.04 Å². The van der Waals surface area contributed by atoms with E-state index in [2.05, 4.69) is 16.0 Å². The fraction of sp³-hybridized carbons (Fsp3) is 0.286. The van der Waals surface area contributed by atoms with Crippen LogP contribution >= 0.6 is 11.6 Å². The highest BCUT2D eigenvalue weighted by atomic mass is 35.5. The Kier molecular flexibility index (Phi) is 8.18. The molecular formula is C21H25ClN4O3. The molecule has 0 aliphatic rings. The summed E-state index contributed by atoms with van der Waals surface area (Å²) in [6.45, 7) is 5.66. The number of nitrogens with one attached hydrogen (secondary N) is 3. The van der Waals surface area contributed by atoms with Crippen LogP contribution in [0.25, 0.3) is 0 Å². The molecule has 29 heavy (non-hydrogen) atoms. The molecule has 1 atom stereocenters. The number of benzene rings is 2. The minimum Gasteiger partial charge on any atom is -0.326 e. The van der Waals surface area contributed by atoms with Crippen LogP contribution in [0.2, 0.25) is 5.02 Å². The van der Waals surface area contributed by atoms with Crippen LogP contribution < -0.4 is 16.0 Å². The van der Waals surface area contributed by atoms with Gasteiger partial charge in [-0.15, -0.1) is 0 Å². The zero-order chi connectivity index (χ0) is 21.4. The number of likely N-dealkylation sites (N-methyl/N-ethyl adjacent to an activating group) is 1. The monoisotopic (exact) mass is 416 g/mol. The number of carbonyl (C=O) groups is 3. The molecule has 0 fully saturated rings. The molecule has 0 radical (unpaired) electrons. The van der Waals surface area contributed by atoms with Gasteiger partial charge >= 0.3 is 0 Å². The van der Waals surface area contributed by atoms with E-state index in [1.165, 1.54) is 6.92 Å². The van der Waals surface area contributed by atoms with Gasteiger partial charge < -0.3 is 16.0 Å². The van der Waals surface area contributed by atoms with Crippen molar-refractivity contribution in [1.82, 2.24) is 4.90 Å². The summed E-state index contributed by atoms with van der Waals surface area (Å²) in [4.78, 5) is 37.8. The van der Waals surface area contributed by atoms with Gasteiger partial charge in [0.25, 0.3) is 0 Å². The normalized spacial score (nSPS) is 11.6. The van der Waals surface area contributed by atoms with Crippen LogP contribution in [0, 0.1) is 0 Å². The fourth-order valence-electron chi connectivity index (χ4n) is 2.73. The minimum absolute atomic E-state index is 0.0636. The van der Waals surface area contributed by atoms with Crippen molar-refractivity contribution in [2.45, 2.75) is 26.8 Å². The second-order valence-electron chi connectivity index (χ2n) is 6.55. The maximum Gasteiger partial charge on any atom is 0.241 e. The Bertz CT molecular complexity index is 870. The lowest BCUT2D eigenvalue weighted by atomic mass is 10.2. The Morgan fingerprint density at radius 3 is 2.14 bits per heavy atom. The molecule has 0 heterocycles. The van der Waals surface area contributed by atoms with Crippen molar-refractivity contribution in [3.05, 3.63) is 53.6 Å². The lowest BCUT2D eigenvalue weighted by Gasteiger charge is -2.26. The van der Waals surface area contributed by atoms with E-state index in [-0.39, 0.29) is 24.3 Å². The summed E-state index contributed by atoms with van der Waals surface area (Å²) in [6, 6.07) is 13.2. The predicted molar refractivity (Wildman–Crippen MR) is 116 cm³/mol. The summed E-state index contributed by atoms with van der Waals surface area (Å²) in [6.07, 6.45) is 0. The molecule has 0 aliphatic carbocycles. The van der Waals surface area contributed by atoms with Crippen LogP contribution in [0.5, 0.6) is 0 Å². The molecule has 3 N–H and O–H groups in total. The Morgan fingerprint density at radius 2 is 1.59 bits per heavy atom. The number of rotatable bonds is 8. The number of halogens is 1. The quantitative estimate of drug-likeness (QED) is 0.613. The number of hydrogen-bond acceptors (Lipinski definition) is 4. The molecule has 0 unspecified atom stereocenters. The molecule has 154 valence electrons. The number of carbonyl (C=O) groups excluding carboxylic acids is 3. The molecular weight excluding hydrogens is 392 g/mol. The number of hydrogen-bond donors (Lipinski definition) is 3. The van der Waals surface area contributed by atoms with E-state index in [9.17, 15) is 14.4 Å². The lowest BCUT2D eigenvalue weighted by molar-refractivity contribution is -0.123. The molecule has 0 saturated carbocycles. The maximum atomic E-state index is 12.5. The molecule has 0 aromatic heterocycles. The second-order valence-corrected chi connectivity index (χ2v) is 6.98. The fourth-order valence-corrected chi connectivity index (χ4v) is 2.92. The standard InChI is InChI=1S/C21H25ClN4O3/c1-4-26(14(2)21(29)25-19-7-5-6-16(22)12-19)13-20(28)24-18-10-8-17(9-11-18)23-15(3)27/h5-12,14H,4,13H2,1-3H3,(H,23,27)(H,24,28)(H,25,29)/t14-/m0/s1. The highest BCUT2D eigenvalue weighted by Crippen LogP contribution is 2.16. The lowest BCUT2D eigenvalue weighted by Crippen LogP contribution is -2.45. The average molecular weight is 417 g/mol. The van der Waals surface area contributed by atoms with Crippen molar-refractivity contribution in [3.63, 3.8) is 0 Å². The van der Waals surface area contributed by atoms with Crippen molar-refractivity contribution < 1.29 is 14.4 Å². The average Bonchev–Trinajstić information content (AvgIpc) is 2.66. The summed E-state index contributed by atoms with van der Waals surface area (Å²) in [5.74, 6) is -0.617. The zero-order valence-corrected chi connectivity index (χ0v) is 17.4. The molecule has 2 aromatic rings. The van der Waals surface area contributed by atoms with E-state index in [0.29, 0.717) is 28.6 Å². The van der Waals surface area contributed by atoms with Gasteiger partial charge in [-0.25, -0.2) is 0 Å². The molecule has 7 nitrogen and oxygen atoms in total. The van der Waals surface area contributed by atoms with Gasteiger partial charge in [0, 0.05) is 29.0 Å². The van der Waals surface area contributed by atoms with Crippen molar-refractivity contribution in [2.24, 2.45) is 0 Å². The van der Waals surface area contributed by atoms with Crippen molar-refractivity contribution >= 4 is 46.4 Å². The SMILES string of the molecule is CCN(CC(=O)Nc1ccc(NC(C)=O)cc1)[C@@H](C)C(=O)Nc1cccc(Cl)c1. The maximum absolute atomic E-state index is 12.5. The zero-order valence-electron chi connectivity index (χ0n) is 16.7. The third kappa shape index (κ3) is 7.21. The summed E-state index contributed by atoms with van der Waals surface area (Å²) >= 11 is 5.94. The first-order valence-electron chi connectivity index (χ1n) is 9.26. The Labute approximate surface area is 175 Å². The molecule has 0 aliphatic heterocycles. The van der Waals surface area contributed by atoms with Crippen molar-refractivity contribution in [1.29, 1.82) is 0 Å². The van der Waals surface area contributed by atoms with Gasteiger partial charge in [-0.1, -0.05) is 24.6 Å². The first kappa shape index (κ1) is 22.4. The van der Waals surface area contributed by atoms with Gasteiger partial charge in [-0.2, -0.15) is 0 Å². The van der Waals surface area contributed by atoms with Crippen LogP contribution in [0.4, 0.5) is 17.1 Å². The van der Waals surface area contributed by atoms with Crippen LogP contribution in [-0.4, -0.2) is 41.8 Å². The highest BCUT2D eigenvalue weighted by molar-refractivity contribution is 6.30. The van der Waals surface area contributed by atoms with Crippen LogP contribution in [0.15, 0.2) is 48.5 Å². The summed E-state index contributed by atoms with van der Waals surface area (Å²) in [7, 11) is 0. The molecule has 0 bridgehead atoms. The third-order valence-corrected chi connectivity index (χ3v) is 4.50. The first-order valence-corrected chi connectivity index (χ1v) is 9.64. The molecule has 0 spiro atoms. The van der Waals surface area contributed by atoms with Crippen LogP contribution in [0.3, 0.4) is 0 Å². The van der Waals surface area contributed by atoms with E-state index in [1.54, 1.807) is 60.4 Å². The molecule has 8 heteroatoms. The summed E-state index contributed by atoms with van der Waals surface area (Å²) < 4.78 is 0. The molecule has 0 saturated heterocycles. The molecule has 3 amide bonds. The topological polar surface area (TPSA) is 90.5 Å². The number of amides is 3. The third-order valence-electron chi connectivity index (χ3n) is 4.26. The largest absolute Gasteiger partial charge is 0.326 e. The van der Waals surface area contributed by atoms with Gasteiger partial charge in [0.05, 0.1) is 12.6 Å². The highest BCUT2D eigenvalue weighted by Gasteiger charge is 2.22. The molecule has 2 aromatic carbocycles. The second kappa shape index (κ2) is 10.6. The number of anilines is 3. The number of nitrogens with zero attached hydrogens (tertiary/aromatic N) is 1. The van der Waals surface area contributed by atoms with Gasteiger partial charge in [0.1, 0.15) is 0 Å². The molecule has 2 rings (SSSR count). The van der Waals surface area contributed by atoms with Gasteiger partial charge in [0.2, 0.25) is 17.7 Å². The van der Waals surface area contributed by atoms with Gasteiger partial charge in [-0.3, -0.25) is 19.3 Å². The van der Waals surface area contributed by atoms with E-state index >= 15 is 0 Å². The predicted octanol–water partition coefficient (Wildman–Crippen LogP) is 3.59. The van der Waals surface area contributed by atoms with Crippen LogP contribution in [0.1, 0.15) is 20.8 Å². The first-order chi connectivity index (χ1) is 13.8. The van der Waals surface area contributed by atoms with Gasteiger partial charge in [0.15, 0.2) is 0 Å². The Hall–Kier alpha value is -2.90. The van der Waals surface area contributed by atoms with Crippen molar-refractivity contribution in [2.75, 3.05) is 29.0 Å². The smallest absolute Gasteiger partial charge is 0.241 e.